The lowest BCUT2D eigenvalue weighted by molar-refractivity contribution is 0.302. The molecule has 0 atom stereocenters. The molecule has 0 saturated heterocycles. The summed E-state index contributed by atoms with van der Waals surface area (Å²) in [7, 11) is 0. The maximum absolute atomic E-state index is 5.36. The van der Waals surface area contributed by atoms with Gasteiger partial charge in [-0.1, -0.05) is 13.8 Å². The minimum absolute atomic E-state index is 0. The van der Waals surface area contributed by atoms with Gasteiger partial charge in [-0.2, -0.15) is 0 Å². The van der Waals surface area contributed by atoms with Gasteiger partial charge in [-0.15, -0.1) is 0 Å². The monoisotopic (exact) mass is 147 g/mol. The molecule has 0 radical (unpaired) electrons. The third-order valence-corrected chi connectivity index (χ3v) is 1.57. The highest BCUT2D eigenvalue weighted by molar-refractivity contribution is 4.51. The van der Waals surface area contributed by atoms with E-state index in [4.69, 9.17) is 5.73 Å². The number of rotatable bonds is 5. The SMILES string of the molecule is CCN(CC)CCCN.N. The summed E-state index contributed by atoms with van der Waals surface area (Å²) in [5.74, 6) is 0. The van der Waals surface area contributed by atoms with E-state index in [2.05, 4.69) is 18.7 Å². The lowest BCUT2D eigenvalue weighted by Crippen LogP contribution is -2.25. The van der Waals surface area contributed by atoms with E-state index >= 15 is 0 Å². The summed E-state index contributed by atoms with van der Waals surface area (Å²) in [5, 5.41) is 0. The summed E-state index contributed by atoms with van der Waals surface area (Å²) in [6, 6.07) is 0. The van der Waals surface area contributed by atoms with Crippen LogP contribution in [0.5, 0.6) is 0 Å². The molecule has 0 rings (SSSR count). The van der Waals surface area contributed by atoms with E-state index in [-0.39, 0.29) is 6.15 Å². The molecule has 64 valence electrons. The van der Waals surface area contributed by atoms with Crippen molar-refractivity contribution in [1.82, 2.24) is 11.1 Å². The van der Waals surface area contributed by atoms with Crippen LogP contribution in [0, 0.1) is 0 Å². The molecule has 0 aromatic carbocycles. The van der Waals surface area contributed by atoms with Crippen LogP contribution in [0.2, 0.25) is 0 Å². The normalized spacial score (nSPS) is 9.60. The van der Waals surface area contributed by atoms with Crippen LogP contribution in [0.15, 0.2) is 0 Å². The predicted octanol–water partition coefficient (Wildman–Crippen LogP) is 0.839. The summed E-state index contributed by atoms with van der Waals surface area (Å²) in [6.45, 7) is 8.63. The van der Waals surface area contributed by atoms with Crippen molar-refractivity contribution in [2.24, 2.45) is 5.73 Å². The molecule has 0 unspecified atom stereocenters. The molecule has 0 saturated carbocycles. The number of nitrogens with two attached hydrogens (primary N) is 1. The van der Waals surface area contributed by atoms with E-state index in [0.29, 0.717) is 0 Å². The van der Waals surface area contributed by atoms with Gasteiger partial charge in [0.25, 0.3) is 0 Å². The summed E-state index contributed by atoms with van der Waals surface area (Å²) in [6.07, 6.45) is 1.13. The largest absolute Gasteiger partial charge is 0.344 e. The van der Waals surface area contributed by atoms with Gasteiger partial charge in [0.1, 0.15) is 0 Å². The number of hydrogen-bond acceptors (Lipinski definition) is 3. The maximum Gasteiger partial charge on any atom is -0.000695 e. The van der Waals surface area contributed by atoms with Gasteiger partial charge in [0.15, 0.2) is 0 Å². The Morgan fingerprint density at radius 2 is 1.70 bits per heavy atom. The fourth-order valence-corrected chi connectivity index (χ4v) is 0.855. The Balaban J connectivity index is 0. The van der Waals surface area contributed by atoms with Gasteiger partial charge in [-0.3, -0.25) is 0 Å². The van der Waals surface area contributed by atoms with Crippen LogP contribution >= 0.6 is 0 Å². The Labute approximate surface area is 64.2 Å². The van der Waals surface area contributed by atoms with Crippen molar-refractivity contribution in [2.75, 3.05) is 26.2 Å². The van der Waals surface area contributed by atoms with Crippen molar-refractivity contribution in [3.05, 3.63) is 0 Å². The van der Waals surface area contributed by atoms with Gasteiger partial charge in [-0.25, -0.2) is 0 Å². The summed E-state index contributed by atoms with van der Waals surface area (Å²) in [5.41, 5.74) is 5.36. The van der Waals surface area contributed by atoms with Crippen LogP contribution in [0.3, 0.4) is 0 Å². The average Bonchev–Trinajstić information content (AvgIpc) is 1.91. The molecule has 0 fully saturated rings. The maximum atomic E-state index is 5.36. The molecule has 0 aliphatic heterocycles. The van der Waals surface area contributed by atoms with Crippen LogP contribution in [-0.2, 0) is 0 Å². The van der Waals surface area contributed by atoms with Crippen LogP contribution in [0.1, 0.15) is 20.3 Å². The van der Waals surface area contributed by atoms with Crippen molar-refractivity contribution < 1.29 is 0 Å². The first-order chi connectivity index (χ1) is 4.35. The first kappa shape index (κ1) is 12.5. The molecule has 0 spiro atoms. The topological polar surface area (TPSA) is 64.3 Å². The van der Waals surface area contributed by atoms with Crippen LogP contribution < -0.4 is 11.9 Å². The van der Waals surface area contributed by atoms with E-state index in [9.17, 15) is 0 Å². The Kier molecular flexibility index (Phi) is 11.1. The van der Waals surface area contributed by atoms with Gasteiger partial charge >= 0.3 is 0 Å². The molecule has 0 heterocycles. The molecule has 0 aromatic heterocycles. The molecule has 0 aliphatic carbocycles. The Morgan fingerprint density at radius 1 is 1.20 bits per heavy atom. The van der Waals surface area contributed by atoms with E-state index in [0.717, 1.165) is 32.6 Å². The number of hydrogen-bond donors (Lipinski definition) is 2. The Bertz CT molecular complexity index is 52.8. The second kappa shape index (κ2) is 8.88. The van der Waals surface area contributed by atoms with Crippen LogP contribution in [0.25, 0.3) is 0 Å². The molecule has 10 heavy (non-hydrogen) atoms. The highest BCUT2D eigenvalue weighted by atomic mass is 15.1. The zero-order valence-corrected chi connectivity index (χ0v) is 7.27. The van der Waals surface area contributed by atoms with E-state index in [1.54, 1.807) is 0 Å². The summed E-state index contributed by atoms with van der Waals surface area (Å²) >= 11 is 0. The minimum Gasteiger partial charge on any atom is -0.344 e. The molecule has 3 nitrogen and oxygen atoms in total. The molecular formula is C7H21N3. The highest BCUT2D eigenvalue weighted by Gasteiger charge is 1.94. The smallest absolute Gasteiger partial charge is 0.000695 e. The van der Waals surface area contributed by atoms with Gasteiger partial charge in [0, 0.05) is 0 Å². The average molecular weight is 147 g/mol. The molecule has 0 aromatic rings. The Morgan fingerprint density at radius 3 is 2.00 bits per heavy atom. The van der Waals surface area contributed by atoms with Crippen molar-refractivity contribution >= 4 is 0 Å². The van der Waals surface area contributed by atoms with Gasteiger partial charge in [0.05, 0.1) is 0 Å². The summed E-state index contributed by atoms with van der Waals surface area (Å²) in [4.78, 5) is 2.38. The van der Waals surface area contributed by atoms with Gasteiger partial charge < -0.3 is 16.8 Å². The van der Waals surface area contributed by atoms with Crippen molar-refractivity contribution in [3.8, 4) is 0 Å². The molecular weight excluding hydrogens is 126 g/mol. The first-order valence-corrected chi connectivity index (χ1v) is 3.77. The zero-order chi connectivity index (χ0) is 7.11. The molecule has 3 heteroatoms. The van der Waals surface area contributed by atoms with E-state index in [1.807, 2.05) is 0 Å². The fraction of sp³-hybridized carbons (Fsp3) is 1.00. The third kappa shape index (κ3) is 6.01. The first-order valence-electron chi connectivity index (χ1n) is 3.77. The van der Waals surface area contributed by atoms with E-state index in [1.165, 1.54) is 0 Å². The molecule has 5 N–H and O–H groups in total. The van der Waals surface area contributed by atoms with Crippen molar-refractivity contribution in [1.29, 1.82) is 0 Å². The standard InChI is InChI=1S/C7H18N2.H3N/c1-3-9(4-2)7-5-6-8;/h3-8H2,1-2H3;1H3. The van der Waals surface area contributed by atoms with E-state index < -0.39 is 0 Å². The van der Waals surface area contributed by atoms with Gasteiger partial charge in [-0.05, 0) is 32.6 Å². The highest BCUT2D eigenvalue weighted by Crippen LogP contribution is 1.87. The second-order valence-corrected chi connectivity index (χ2v) is 2.17. The van der Waals surface area contributed by atoms with Crippen molar-refractivity contribution in [3.63, 3.8) is 0 Å². The second-order valence-electron chi connectivity index (χ2n) is 2.17. The molecule has 0 amide bonds. The van der Waals surface area contributed by atoms with Crippen LogP contribution in [0.4, 0.5) is 0 Å². The predicted molar refractivity (Wildman–Crippen MR) is 46.5 cm³/mol. The third-order valence-electron chi connectivity index (χ3n) is 1.57. The van der Waals surface area contributed by atoms with Crippen molar-refractivity contribution in [2.45, 2.75) is 20.3 Å². The number of nitrogens with zero attached hydrogens (tertiary/aromatic N) is 1. The fourth-order valence-electron chi connectivity index (χ4n) is 0.855. The molecule has 0 bridgehead atoms. The molecule has 0 aliphatic rings. The lowest BCUT2D eigenvalue weighted by atomic mass is 10.4. The summed E-state index contributed by atoms with van der Waals surface area (Å²) < 4.78 is 0. The zero-order valence-electron chi connectivity index (χ0n) is 7.27. The Hall–Kier alpha value is -0.120. The minimum atomic E-state index is 0. The quantitative estimate of drug-likeness (QED) is 0.605. The van der Waals surface area contributed by atoms with Gasteiger partial charge in [0.2, 0.25) is 0 Å². The van der Waals surface area contributed by atoms with Crippen LogP contribution in [-0.4, -0.2) is 31.1 Å². The lowest BCUT2D eigenvalue weighted by Gasteiger charge is -2.16.